The van der Waals surface area contributed by atoms with Crippen molar-refractivity contribution in [1.82, 2.24) is 5.32 Å². The Bertz CT molecular complexity index is 817. The molecule has 2 aromatic rings. The van der Waals surface area contributed by atoms with Crippen LogP contribution in [0.5, 0.6) is 0 Å². The van der Waals surface area contributed by atoms with Gasteiger partial charge in [-0.2, -0.15) is 0 Å². The van der Waals surface area contributed by atoms with E-state index in [-0.39, 0.29) is 35.6 Å². The molecule has 4 heteroatoms. The largest absolute Gasteiger partial charge is 0.377 e. The third-order valence-corrected chi connectivity index (χ3v) is 5.38. The van der Waals surface area contributed by atoms with E-state index in [1.54, 1.807) is 0 Å². The number of anilines is 1. The quantitative estimate of drug-likeness (QED) is 0.656. The molecule has 2 amide bonds. The number of para-hydroxylation sites is 1. The van der Waals surface area contributed by atoms with Gasteiger partial charge in [0, 0.05) is 17.5 Å². The highest BCUT2D eigenvalue weighted by Gasteiger charge is 2.46. The maximum Gasteiger partial charge on any atom is 0.232 e. The molecule has 0 bridgehead atoms. The number of rotatable bonds is 4. The number of hydrogen-bond donors (Lipinski definition) is 2. The van der Waals surface area contributed by atoms with Gasteiger partial charge in [-0.15, -0.1) is 0 Å². The minimum atomic E-state index is -0.336. The fourth-order valence-corrected chi connectivity index (χ4v) is 4.13. The van der Waals surface area contributed by atoms with Crippen molar-refractivity contribution in [2.45, 2.75) is 18.9 Å². The number of hydrogen-bond acceptors (Lipinski definition) is 3. The average molecular weight is 346 g/mol. The molecular weight excluding hydrogens is 324 g/mol. The number of allylic oxidation sites excluding steroid dienone is 2. The maximum absolute atomic E-state index is 12.9. The second-order valence-electron chi connectivity index (χ2n) is 6.97. The minimum Gasteiger partial charge on any atom is -0.377 e. The SMILES string of the molecule is O=C1NC(=O)[C@@H]2CCC=C[C@@H]2[C@@H]1[C@H](Nc1ccccc1)c1ccccc1. The van der Waals surface area contributed by atoms with Gasteiger partial charge in [0.25, 0.3) is 0 Å². The molecule has 0 spiro atoms. The van der Waals surface area contributed by atoms with Crippen LogP contribution in [0.2, 0.25) is 0 Å². The number of imide groups is 1. The fourth-order valence-electron chi connectivity index (χ4n) is 4.13. The summed E-state index contributed by atoms with van der Waals surface area (Å²) in [5.41, 5.74) is 2.01. The molecule has 1 saturated heterocycles. The Balaban J connectivity index is 1.74. The molecule has 1 aliphatic heterocycles. The molecule has 132 valence electrons. The van der Waals surface area contributed by atoms with Crippen molar-refractivity contribution in [2.24, 2.45) is 17.8 Å². The second-order valence-corrected chi connectivity index (χ2v) is 6.97. The lowest BCUT2D eigenvalue weighted by Crippen LogP contribution is -2.54. The summed E-state index contributed by atoms with van der Waals surface area (Å²) in [5.74, 6) is -0.873. The monoisotopic (exact) mass is 346 g/mol. The van der Waals surface area contributed by atoms with Crippen molar-refractivity contribution in [1.29, 1.82) is 0 Å². The van der Waals surface area contributed by atoms with Crippen molar-refractivity contribution in [3.05, 3.63) is 78.4 Å². The molecule has 2 aromatic carbocycles. The van der Waals surface area contributed by atoms with Crippen LogP contribution >= 0.6 is 0 Å². The number of amides is 2. The van der Waals surface area contributed by atoms with E-state index in [2.05, 4.69) is 22.8 Å². The van der Waals surface area contributed by atoms with Gasteiger partial charge >= 0.3 is 0 Å². The predicted octanol–water partition coefficient (Wildman–Crippen LogP) is 3.69. The molecule has 0 radical (unpaired) electrons. The van der Waals surface area contributed by atoms with E-state index in [1.807, 2.05) is 60.7 Å². The Morgan fingerprint density at radius 2 is 1.62 bits per heavy atom. The Kier molecular flexibility index (Phi) is 4.57. The van der Waals surface area contributed by atoms with E-state index in [0.29, 0.717) is 0 Å². The smallest absolute Gasteiger partial charge is 0.232 e. The number of fused-ring (bicyclic) bond motifs is 1. The van der Waals surface area contributed by atoms with Gasteiger partial charge < -0.3 is 5.32 Å². The zero-order valence-corrected chi connectivity index (χ0v) is 14.5. The highest BCUT2D eigenvalue weighted by atomic mass is 16.2. The number of benzene rings is 2. The fraction of sp³-hybridized carbons (Fsp3) is 0.273. The van der Waals surface area contributed by atoms with E-state index in [0.717, 1.165) is 24.1 Å². The van der Waals surface area contributed by atoms with Crippen LogP contribution in [0.4, 0.5) is 5.69 Å². The first-order valence-electron chi connectivity index (χ1n) is 9.12. The Morgan fingerprint density at radius 1 is 0.923 bits per heavy atom. The molecule has 2 N–H and O–H groups in total. The van der Waals surface area contributed by atoms with Gasteiger partial charge in [-0.05, 0) is 30.5 Å². The van der Waals surface area contributed by atoms with Gasteiger partial charge in [0.15, 0.2) is 0 Å². The van der Waals surface area contributed by atoms with Crippen LogP contribution in [-0.4, -0.2) is 11.8 Å². The Morgan fingerprint density at radius 3 is 2.35 bits per heavy atom. The Labute approximate surface area is 153 Å². The van der Waals surface area contributed by atoms with Crippen molar-refractivity contribution in [3.63, 3.8) is 0 Å². The lowest BCUT2D eigenvalue weighted by molar-refractivity contribution is -0.143. The second kappa shape index (κ2) is 7.16. The standard InChI is InChI=1S/C22H22N2O2/c25-21-18-14-8-7-13-17(18)19(22(26)24-21)20(15-9-3-1-4-10-15)23-16-11-5-2-6-12-16/h1-7,9-13,17-20,23H,8,14H2,(H,24,25,26)/t17-,18+,19+,20+/m0/s1. The minimum absolute atomic E-state index is 0.0774. The van der Waals surface area contributed by atoms with Crippen molar-refractivity contribution >= 4 is 17.5 Å². The van der Waals surface area contributed by atoms with Gasteiger partial charge in [0.1, 0.15) is 0 Å². The van der Waals surface area contributed by atoms with Crippen LogP contribution in [0.25, 0.3) is 0 Å². The first-order chi connectivity index (χ1) is 12.7. The van der Waals surface area contributed by atoms with Crippen LogP contribution in [0.1, 0.15) is 24.4 Å². The summed E-state index contributed by atoms with van der Waals surface area (Å²) in [4.78, 5) is 25.2. The molecule has 1 heterocycles. The summed E-state index contributed by atoms with van der Waals surface area (Å²) in [7, 11) is 0. The molecule has 4 atom stereocenters. The van der Waals surface area contributed by atoms with Crippen molar-refractivity contribution in [3.8, 4) is 0 Å². The van der Waals surface area contributed by atoms with Gasteiger partial charge in [-0.1, -0.05) is 60.7 Å². The Hall–Kier alpha value is -2.88. The highest BCUT2D eigenvalue weighted by Crippen LogP contribution is 2.41. The van der Waals surface area contributed by atoms with Crippen LogP contribution < -0.4 is 10.6 Å². The van der Waals surface area contributed by atoms with Gasteiger partial charge in [0.2, 0.25) is 11.8 Å². The number of piperidine rings is 1. The summed E-state index contributed by atoms with van der Waals surface area (Å²) < 4.78 is 0. The lowest BCUT2D eigenvalue weighted by atomic mass is 9.69. The molecule has 1 fully saturated rings. The zero-order valence-electron chi connectivity index (χ0n) is 14.5. The molecule has 4 nitrogen and oxygen atoms in total. The molecule has 0 unspecified atom stereocenters. The normalized spacial score (nSPS) is 25.9. The van der Waals surface area contributed by atoms with Gasteiger partial charge in [0.05, 0.1) is 12.0 Å². The van der Waals surface area contributed by atoms with Crippen LogP contribution in [-0.2, 0) is 9.59 Å². The number of carbonyl (C=O) groups excluding carboxylic acids is 2. The van der Waals surface area contributed by atoms with Crippen molar-refractivity contribution in [2.75, 3.05) is 5.32 Å². The van der Waals surface area contributed by atoms with Crippen LogP contribution in [0.15, 0.2) is 72.8 Å². The summed E-state index contributed by atoms with van der Waals surface area (Å²) in [6.45, 7) is 0. The molecule has 0 aromatic heterocycles. The number of carbonyl (C=O) groups is 2. The molecular formula is C22H22N2O2. The highest BCUT2D eigenvalue weighted by molar-refractivity contribution is 6.01. The maximum atomic E-state index is 12.9. The van der Waals surface area contributed by atoms with E-state index in [4.69, 9.17) is 0 Å². The van der Waals surface area contributed by atoms with Gasteiger partial charge in [-0.25, -0.2) is 0 Å². The predicted molar refractivity (Wildman–Crippen MR) is 101 cm³/mol. The summed E-state index contributed by atoms with van der Waals surface area (Å²) >= 11 is 0. The molecule has 1 aliphatic carbocycles. The zero-order chi connectivity index (χ0) is 17.9. The summed E-state index contributed by atoms with van der Waals surface area (Å²) in [6.07, 6.45) is 5.85. The first-order valence-corrected chi connectivity index (χ1v) is 9.12. The third kappa shape index (κ3) is 3.15. The average Bonchev–Trinajstić information content (AvgIpc) is 2.69. The van der Waals surface area contributed by atoms with Gasteiger partial charge in [-0.3, -0.25) is 14.9 Å². The van der Waals surface area contributed by atoms with Crippen LogP contribution in [0.3, 0.4) is 0 Å². The topological polar surface area (TPSA) is 58.2 Å². The summed E-state index contributed by atoms with van der Waals surface area (Å²) in [5, 5.41) is 6.15. The molecule has 26 heavy (non-hydrogen) atoms. The van der Waals surface area contributed by atoms with Crippen LogP contribution in [0, 0.1) is 17.8 Å². The third-order valence-electron chi connectivity index (χ3n) is 5.38. The lowest BCUT2D eigenvalue weighted by Gasteiger charge is -2.41. The van der Waals surface area contributed by atoms with E-state index in [1.165, 1.54) is 0 Å². The molecule has 2 aliphatic rings. The number of nitrogens with one attached hydrogen (secondary N) is 2. The van der Waals surface area contributed by atoms with Crippen molar-refractivity contribution < 1.29 is 9.59 Å². The molecule has 4 rings (SSSR count). The van der Waals surface area contributed by atoms with E-state index < -0.39 is 0 Å². The molecule has 0 saturated carbocycles. The summed E-state index contributed by atoms with van der Waals surface area (Å²) in [6, 6.07) is 19.7. The first kappa shape index (κ1) is 16.6. The van der Waals surface area contributed by atoms with E-state index in [9.17, 15) is 9.59 Å². The van der Waals surface area contributed by atoms with E-state index >= 15 is 0 Å².